The molecule has 0 saturated heterocycles. The zero-order chi connectivity index (χ0) is 15.4. The highest BCUT2D eigenvalue weighted by Crippen LogP contribution is 2.25. The number of nitrogens with one attached hydrogen (secondary N) is 1. The maximum atomic E-state index is 12.2. The first kappa shape index (κ1) is 15.4. The maximum absolute atomic E-state index is 12.2. The van der Waals surface area contributed by atoms with Gasteiger partial charge < -0.3 is 10.5 Å². The summed E-state index contributed by atoms with van der Waals surface area (Å²) in [5.74, 6) is -0.383. The average molecular weight is 323 g/mol. The fourth-order valence-corrected chi connectivity index (χ4v) is 2.33. The quantitative estimate of drug-likeness (QED) is 0.498. The summed E-state index contributed by atoms with van der Waals surface area (Å²) in [5, 5.41) is 15.1. The molecular formula is C15H12Cl2N2O2. The van der Waals surface area contributed by atoms with Crippen LogP contribution in [0.4, 0.5) is 5.69 Å². The summed E-state index contributed by atoms with van der Waals surface area (Å²) in [7, 11) is 0. The Hall–Kier alpha value is -2.04. The molecule has 0 aliphatic carbocycles. The fourth-order valence-electron chi connectivity index (χ4n) is 1.76. The first-order valence-corrected chi connectivity index (χ1v) is 6.83. The molecule has 0 radical (unpaired) electrons. The summed E-state index contributed by atoms with van der Waals surface area (Å²) in [5.41, 5.74) is 2.07. The molecule has 0 saturated carbocycles. The molecule has 2 N–H and O–H groups in total. The van der Waals surface area contributed by atoms with Gasteiger partial charge in [0.2, 0.25) is 0 Å². The van der Waals surface area contributed by atoms with Crippen molar-refractivity contribution in [3.63, 3.8) is 0 Å². The summed E-state index contributed by atoms with van der Waals surface area (Å²) in [6.45, 7) is 1.68. The largest absolute Gasteiger partial charge is 0.411 e. The van der Waals surface area contributed by atoms with E-state index in [1.54, 1.807) is 49.4 Å². The summed E-state index contributed by atoms with van der Waals surface area (Å²) in [6, 6.07) is 11.8. The van der Waals surface area contributed by atoms with E-state index < -0.39 is 0 Å². The van der Waals surface area contributed by atoms with Crippen molar-refractivity contribution in [2.24, 2.45) is 5.16 Å². The van der Waals surface area contributed by atoms with Gasteiger partial charge in [-0.3, -0.25) is 4.79 Å². The Bertz CT molecular complexity index is 677. The van der Waals surface area contributed by atoms with Crippen LogP contribution < -0.4 is 5.32 Å². The Kier molecular flexibility index (Phi) is 4.83. The van der Waals surface area contributed by atoms with Crippen molar-refractivity contribution in [3.05, 3.63) is 63.6 Å². The predicted octanol–water partition coefficient (Wildman–Crippen LogP) is 4.44. The lowest BCUT2D eigenvalue weighted by molar-refractivity contribution is 0.102. The van der Waals surface area contributed by atoms with Gasteiger partial charge in [0, 0.05) is 5.69 Å². The molecule has 108 valence electrons. The lowest BCUT2D eigenvalue weighted by atomic mass is 10.1. The Morgan fingerprint density at radius 3 is 2.19 bits per heavy atom. The molecule has 0 fully saturated rings. The molecule has 0 heterocycles. The number of oxime groups is 1. The number of nitrogens with zero attached hydrogens (tertiary/aromatic N) is 1. The Labute approximate surface area is 132 Å². The van der Waals surface area contributed by atoms with Crippen LogP contribution >= 0.6 is 23.2 Å². The zero-order valence-electron chi connectivity index (χ0n) is 11.1. The van der Waals surface area contributed by atoms with E-state index in [-0.39, 0.29) is 11.5 Å². The number of halogens is 2. The zero-order valence-corrected chi connectivity index (χ0v) is 12.6. The topological polar surface area (TPSA) is 61.7 Å². The number of amides is 1. The smallest absolute Gasteiger partial charge is 0.258 e. The monoisotopic (exact) mass is 322 g/mol. The summed E-state index contributed by atoms with van der Waals surface area (Å²) in [6.07, 6.45) is 0. The number of anilines is 1. The highest BCUT2D eigenvalue weighted by Gasteiger charge is 2.14. The Morgan fingerprint density at radius 1 is 1.10 bits per heavy atom. The van der Waals surface area contributed by atoms with Gasteiger partial charge in [-0.05, 0) is 36.8 Å². The molecule has 0 aliphatic heterocycles. The summed E-state index contributed by atoms with van der Waals surface area (Å²) < 4.78 is 0. The molecule has 2 aromatic carbocycles. The minimum Gasteiger partial charge on any atom is -0.411 e. The molecule has 0 unspecified atom stereocenters. The minimum absolute atomic E-state index is 0.234. The van der Waals surface area contributed by atoms with E-state index in [1.807, 2.05) is 0 Å². The third kappa shape index (κ3) is 3.54. The molecule has 0 bridgehead atoms. The second kappa shape index (κ2) is 6.61. The first-order valence-electron chi connectivity index (χ1n) is 6.07. The van der Waals surface area contributed by atoms with Crippen molar-refractivity contribution in [2.75, 3.05) is 5.32 Å². The molecule has 2 rings (SSSR count). The molecule has 4 nitrogen and oxygen atoms in total. The van der Waals surface area contributed by atoms with E-state index in [0.29, 0.717) is 21.4 Å². The molecule has 0 aromatic heterocycles. The van der Waals surface area contributed by atoms with Crippen molar-refractivity contribution >= 4 is 40.5 Å². The van der Waals surface area contributed by atoms with Gasteiger partial charge in [0.1, 0.15) is 0 Å². The third-order valence-electron chi connectivity index (χ3n) is 2.90. The van der Waals surface area contributed by atoms with Gasteiger partial charge in [0.15, 0.2) is 0 Å². The van der Waals surface area contributed by atoms with Crippen molar-refractivity contribution < 1.29 is 10.0 Å². The van der Waals surface area contributed by atoms with Gasteiger partial charge in [0.05, 0.1) is 21.3 Å². The highest BCUT2D eigenvalue weighted by atomic mass is 35.5. The number of carbonyl (C=O) groups excluding carboxylic acids is 1. The van der Waals surface area contributed by atoms with Gasteiger partial charge in [-0.2, -0.15) is 0 Å². The lowest BCUT2D eigenvalue weighted by Crippen LogP contribution is -2.13. The van der Waals surface area contributed by atoms with Crippen LogP contribution in [0, 0.1) is 0 Å². The van der Waals surface area contributed by atoms with E-state index in [0.717, 1.165) is 5.56 Å². The molecular weight excluding hydrogens is 311 g/mol. The molecule has 0 aliphatic rings. The molecule has 21 heavy (non-hydrogen) atoms. The predicted molar refractivity (Wildman–Crippen MR) is 84.9 cm³/mol. The van der Waals surface area contributed by atoms with Crippen molar-refractivity contribution in [2.45, 2.75) is 6.92 Å². The van der Waals surface area contributed by atoms with E-state index in [2.05, 4.69) is 10.5 Å². The number of benzene rings is 2. The average Bonchev–Trinajstić information content (AvgIpc) is 2.47. The van der Waals surface area contributed by atoms with Crippen LogP contribution in [0.3, 0.4) is 0 Å². The van der Waals surface area contributed by atoms with Crippen molar-refractivity contribution in [1.29, 1.82) is 0 Å². The van der Waals surface area contributed by atoms with Gasteiger partial charge in [-0.15, -0.1) is 0 Å². The summed E-state index contributed by atoms with van der Waals surface area (Å²) in [4.78, 5) is 12.2. The SMILES string of the molecule is C/C(=N\O)c1ccc(NC(=O)c2c(Cl)cccc2Cl)cc1. The van der Waals surface area contributed by atoms with Gasteiger partial charge in [0.25, 0.3) is 5.91 Å². The van der Waals surface area contributed by atoms with Crippen LogP contribution in [0.2, 0.25) is 10.0 Å². The van der Waals surface area contributed by atoms with Crippen LogP contribution in [0.1, 0.15) is 22.8 Å². The van der Waals surface area contributed by atoms with E-state index >= 15 is 0 Å². The Balaban J connectivity index is 2.20. The molecule has 1 amide bonds. The number of rotatable bonds is 3. The third-order valence-corrected chi connectivity index (χ3v) is 3.53. The van der Waals surface area contributed by atoms with Gasteiger partial charge in [-0.25, -0.2) is 0 Å². The minimum atomic E-state index is -0.383. The normalized spacial score (nSPS) is 11.3. The number of hydrogen-bond donors (Lipinski definition) is 2. The van der Waals surface area contributed by atoms with Gasteiger partial charge in [-0.1, -0.05) is 46.6 Å². The van der Waals surface area contributed by atoms with Crippen LogP contribution in [0.15, 0.2) is 47.6 Å². The van der Waals surface area contributed by atoms with Crippen molar-refractivity contribution in [3.8, 4) is 0 Å². The second-order valence-electron chi connectivity index (χ2n) is 4.31. The van der Waals surface area contributed by atoms with E-state index in [1.165, 1.54) is 0 Å². The summed E-state index contributed by atoms with van der Waals surface area (Å²) >= 11 is 12.0. The van der Waals surface area contributed by atoms with E-state index in [4.69, 9.17) is 28.4 Å². The van der Waals surface area contributed by atoms with Crippen molar-refractivity contribution in [1.82, 2.24) is 0 Å². The van der Waals surface area contributed by atoms with Crippen LogP contribution in [0.25, 0.3) is 0 Å². The van der Waals surface area contributed by atoms with Crippen LogP contribution in [-0.4, -0.2) is 16.8 Å². The molecule has 0 atom stereocenters. The standard InChI is InChI=1S/C15H12Cl2N2O2/c1-9(19-21)10-5-7-11(8-6-10)18-15(20)14-12(16)3-2-4-13(14)17/h2-8,21H,1H3,(H,18,20)/b19-9+. The van der Waals surface area contributed by atoms with E-state index in [9.17, 15) is 4.79 Å². The van der Waals surface area contributed by atoms with Crippen LogP contribution in [0.5, 0.6) is 0 Å². The number of hydrogen-bond acceptors (Lipinski definition) is 3. The molecule has 6 heteroatoms. The maximum Gasteiger partial charge on any atom is 0.258 e. The van der Waals surface area contributed by atoms with Gasteiger partial charge >= 0.3 is 0 Å². The lowest BCUT2D eigenvalue weighted by Gasteiger charge is -2.09. The number of carbonyl (C=O) groups is 1. The second-order valence-corrected chi connectivity index (χ2v) is 5.13. The Morgan fingerprint density at radius 2 is 1.67 bits per heavy atom. The highest BCUT2D eigenvalue weighted by molar-refractivity contribution is 6.40. The first-order chi connectivity index (χ1) is 10.0. The molecule has 0 spiro atoms. The van der Waals surface area contributed by atoms with Crippen LogP contribution in [-0.2, 0) is 0 Å². The molecule has 2 aromatic rings. The fraction of sp³-hybridized carbons (Fsp3) is 0.0667.